The minimum atomic E-state index is -0.583. The Hall–Kier alpha value is -3.03. The molecule has 9 heteroatoms. The summed E-state index contributed by atoms with van der Waals surface area (Å²) in [4.78, 5) is 16.9. The van der Waals surface area contributed by atoms with Crippen molar-refractivity contribution < 1.29 is 23.9 Å². The maximum atomic E-state index is 12.7. The molecule has 3 rings (SSSR count). The normalized spacial score (nSPS) is 12.2. The molecule has 0 amide bonds. The third-order valence-electron chi connectivity index (χ3n) is 5.42. The summed E-state index contributed by atoms with van der Waals surface area (Å²) in [5.74, 6) is 0.500. The van der Waals surface area contributed by atoms with Crippen molar-refractivity contribution in [3.8, 4) is 11.5 Å². The molecule has 0 aliphatic heterocycles. The first-order valence-electron chi connectivity index (χ1n) is 11.8. The van der Waals surface area contributed by atoms with Crippen molar-refractivity contribution in [3.05, 3.63) is 88.7 Å². The minimum absolute atomic E-state index is 0.0875. The SMILES string of the molecule is Cc1ncc(COPN[C@@H](Cc2ccc(OCc3ccccc3)cc2)C(=O)OC(C)C)c(CN)c1O. The molecule has 0 aliphatic rings. The van der Waals surface area contributed by atoms with Crippen LogP contribution in [-0.2, 0) is 40.2 Å². The summed E-state index contributed by atoms with van der Waals surface area (Å²) in [5, 5.41) is 13.3. The summed E-state index contributed by atoms with van der Waals surface area (Å²) in [7, 11) is -0.173. The van der Waals surface area contributed by atoms with Gasteiger partial charge in [0.25, 0.3) is 0 Å². The second kappa shape index (κ2) is 13.9. The smallest absolute Gasteiger partial charge is 0.324 e. The van der Waals surface area contributed by atoms with Crippen molar-refractivity contribution in [2.24, 2.45) is 5.73 Å². The number of esters is 1. The van der Waals surface area contributed by atoms with E-state index in [0.29, 0.717) is 29.8 Å². The first kappa shape index (κ1) is 27.6. The number of hydrogen-bond acceptors (Lipinski definition) is 8. The van der Waals surface area contributed by atoms with Gasteiger partial charge >= 0.3 is 5.97 Å². The fraction of sp³-hybridized carbons (Fsp3) is 0.333. The van der Waals surface area contributed by atoms with E-state index in [1.165, 1.54) is 0 Å². The molecule has 4 N–H and O–H groups in total. The van der Waals surface area contributed by atoms with Crippen molar-refractivity contribution in [2.45, 2.75) is 59.1 Å². The number of pyridine rings is 1. The summed E-state index contributed by atoms with van der Waals surface area (Å²) < 4.78 is 17.0. The predicted octanol–water partition coefficient (Wildman–Crippen LogP) is 4.31. The van der Waals surface area contributed by atoms with Crippen molar-refractivity contribution in [3.63, 3.8) is 0 Å². The van der Waals surface area contributed by atoms with Gasteiger partial charge in [-0.15, -0.1) is 0 Å². The fourth-order valence-corrected chi connectivity index (χ4v) is 4.14. The van der Waals surface area contributed by atoms with E-state index in [-0.39, 0.29) is 39.9 Å². The van der Waals surface area contributed by atoms with E-state index in [0.717, 1.165) is 16.9 Å². The molecular formula is C27H34N3O5P. The summed E-state index contributed by atoms with van der Waals surface area (Å²) in [6.45, 7) is 6.23. The molecule has 0 aliphatic carbocycles. The molecule has 8 nitrogen and oxygen atoms in total. The highest BCUT2D eigenvalue weighted by Crippen LogP contribution is 2.25. The van der Waals surface area contributed by atoms with Crippen molar-refractivity contribution in [1.29, 1.82) is 0 Å². The average molecular weight is 512 g/mol. The van der Waals surface area contributed by atoms with Gasteiger partial charge in [-0.05, 0) is 50.5 Å². The van der Waals surface area contributed by atoms with Gasteiger partial charge in [-0.2, -0.15) is 0 Å². The van der Waals surface area contributed by atoms with Crippen LogP contribution in [0.4, 0.5) is 0 Å². The molecule has 0 radical (unpaired) electrons. The molecule has 1 heterocycles. The number of benzene rings is 2. The third-order valence-corrected chi connectivity index (χ3v) is 6.17. The lowest BCUT2D eigenvalue weighted by Gasteiger charge is -2.19. The van der Waals surface area contributed by atoms with Crippen molar-refractivity contribution >= 4 is 14.9 Å². The fourth-order valence-electron chi connectivity index (χ4n) is 3.47. The summed E-state index contributed by atoms with van der Waals surface area (Å²) in [5.41, 5.74) is 9.67. The maximum Gasteiger partial charge on any atom is 0.324 e. The van der Waals surface area contributed by atoms with Gasteiger partial charge in [0.05, 0.1) is 27.4 Å². The molecule has 0 saturated carbocycles. The number of aryl methyl sites for hydroxylation is 1. The summed E-state index contributed by atoms with van der Waals surface area (Å²) >= 11 is 0. The highest BCUT2D eigenvalue weighted by Gasteiger charge is 2.22. The third kappa shape index (κ3) is 8.28. The van der Waals surface area contributed by atoms with E-state index >= 15 is 0 Å². The number of aromatic nitrogens is 1. The van der Waals surface area contributed by atoms with Crippen LogP contribution in [0, 0.1) is 6.92 Å². The second-order valence-electron chi connectivity index (χ2n) is 8.60. The molecule has 1 aromatic heterocycles. The maximum absolute atomic E-state index is 12.7. The zero-order chi connectivity index (χ0) is 25.9. The Morgan fingerprint density at radius 1 is 1.08 bits per heavy atom. The Bertz CT molecular complexity index is 1110. The second-order valence-corrected chi connectivity index (χ2v) is 9.38. The van der Waals surface area contributed by atoms with Crippen LogP contribution in [-0.4, -0.2) is 28.2 Å². The number of nitrogens with two attached hydrogens (primary N) is 1. The van der Waals surface area contributed by atoms with E-state index in [9.17, 15) is 9.90 Å². The van der Waals surface area contributed by atoms with Gasteiger partial charge in [-0.25, -0.2) is 0 Å². The van der Waals surface area contributed by atoms with E-state index < -0.39 is 6.04 Å². The predicted molar refractivity (Wildman–Crippen MR) is 141 cm³/mol. The van der Waals surface area contributed by atoms with Gasteiger partial charge in [-0.1, -0.05) is 42.5 Å². The number of carbonyl (C=O) groups excluding carboxylic acids is 1. The minimum Gasteiger partial charge on any atom is -0.506 e. The quantitative estimate of drug-likeness (QED) is 0.177. The lowest BCUT2D eigenvalue weighted by Crippen LogP contribution is -2.36. The van der Waals surface area contributed by atoms with Crippen LogP contribution >= 0.6 is 8.96 Å². The molecule has 0 saturated heterocycles. The number of hydrogen-bond donors (Lipinski definition) is 3. The van der Waals surface area contributed by atoms with E-state index in [2.05, 4.69) is 10.1 Å². The van der Waals surface area contributed by atoms with Crippen LogP contribution in [0.1, 0.15) is 41.8 Å². The Morgan fingerprint density at radius 3 is 2.47 bits per heavy atom. The number of nitrogens with one attached hydrogen (secondary N) is 1. The van der Waals surface area contributed by atoms with Gasteiger partial charge in [-0.3, -0.25) is 14.9 Å². The molecule has 0 spiro atoms. The monoisotopic (exact) mass is 511 g/mol. The topological polar surface area (TPSA) is 116 Å². The number of nitrogens with zero attached hydrogens (tertiary/aromatic N) is 1. The highest BCUT2D eigenvalue weighted by atomic mass is 31.1. The first-order chi connectivity index (χ1) is 17.4. The first-order valence-corrected chi connectivity index (χ1v) is 12.7. The Morgan fingerprint density at radius 2 is 1.81 bits per heavy atom. The molecule has 2 atom stereocenters. The molecule has 2 aromatic carbocycles. The summed E-state index contributed by atoms with van der Waals surface area (Å²) in [6, 6.07) is 17.1. The average Bonchev–Trinajstić information content (AvgIpc) is 2.87. The van der Waals surface area contributed by atoms with Crippen LogP contribution in [0.2, 0.25) is 0 Å². The van der Waals surface area contributed by atoms with Gasteiger partial charge < -0.3 is 24.8 Å². The van der Waals surface area contributed by atoms with E-state index in [4.69, 9.17) is 19.7 Å². The van der Waals surface area contributed by atoms with E-state index in [1.807, 2.05) is 68.4 Å². The highest BCUT2D eigenvalue weighted by molar-refractivity contribution is 7.29. The molecule has 1 unspecified atom stereocenters. The van der Waals surface area contributed by atoms with Gasteiger partial charge in [0.1, 0.15) is 24.1 Å². The van der Waals surface area contributed by atoms with Crippen LogP contribution in [0.25, 0.3) is 0 Å². The Kier molecular flexibility index (Phi) is 10.6. The molecular weight excluding hydrogens is 477 g/mol. The number of rotatable bonds is 13. The number of ether oxygens (including phenoxy) is 2. The molecule has 36 heavy (non-hydrogen) atoms. The number of carbonyl (C=O) groups is 1. The van der Waals surface area contributed by atoms with E-state index in [1.54, 1.807) is 13.1 Å². The number of aromatic hydroxyl groups is 1. The molecule has 0 bridgehead atoms. The molecule has 0 fully saturated rings. The Labute approximate surface area is 214 Å². The van der Waals surface area contributed by atoms with Gasteiger partial charge in [0, 0.05) is 23.9 Å². The Balaban J connectivity index is 1.56. The van der Waals surface area contributed by atoms with Crippen LogP contribution in [0.15, 0.2) is 60.8 Å². The van der Waals surface area contributed by atoms with Crippen LogP contribution in [0.5, 0.6) is 11.5 Å². The standard InChI is InChI=1S/C27H34N3O5P/c1-18(2)35-27(32)25(30-36-34-17-22-15-29-19(3)26(31)24(22)14-28)13-20-9-11-23(12-10-20)33-16-21-7-5-4-6-8-21/h4-12,15,18,25,30-31,36H,13-14,16-17,28H2,1-3H3/t25-/m0/s1. The zero-order valence-electron chi connectivity index (χ0n) is 20.9. The molecule has 3 aromatic rings. The summed E-state index contributed by atoms with van der Waals surface area (Å²) in [6.07, 6.45) is 1.85. The van der Waals surface area contributed by atoms with Crippen molar-refractivity contribution in [1.82, 2.24) is 10.1 Å². The lowest BCUT2D eigenvalue weighted by molar-refractivity contribution is -0.149. The van der Waals surface area contributed by atoms with Crippen LogP contribution < -0.4 is 15.6 Å². The van der Waals surface area contributed by atoms with Gasteiger partial charge in [0.2, 0.25) is 0 Å². The largest absolute Gasteiger partial charge is 0.506 e. The van der Waals surface area contributed by atoms with Gasteiger partial charge in [0.15, 0.2) is 0 Å². The lowest BCUT2D eigenvalue weighted by atomic mass is 10.1. The molecule has 192 valence electrons. The van der Waals surface area contributed by atoms with Crippen LogP contribution in [0.3, 0.4) is 0 Å². The zero-order valence-corrected chi connectivity index (χ0v) is 21.9. The van der Waals surface area contributed by atoms with Crippen molar-refractivity contribution in [2.75, 3.05) is 0 Å².